The molecule has 0 saturated carbocycles. The summed E-state index contributed by atoms with van der Waals surface area (Å²) in [6.07, 6.45) is 1.63. The third-order valence-corrected chi connectivity index (χ3v) is 5.35. The Morgan fingerprint density at radius 3 is 2.40 bits per heavy atom. The molecule has 0 radical (unpaired) electrons. The molecule has 25 heavy (non-hydrogen) atoms. The summed E-state index contributed by atoms with van der Waals surface area (Å²) < 4.78 is 7.24. The van der Waals surface area contributed by atoms with Gasteiger partial charge in [-0.25, -0.2) is 4.79 Å². The molecule has 1 aromatic rings. The van der Waals surface area contributed by atoms with Crippen LogP contribution < -0.4 is 0 Å². The molecule has 2 aliphatic rings. The summed E-state index contributed by atoms with van der Waals surface area (Å²) in [6, 6.07) is 0. The highest BCUT2D eigenvalue weighted by atomic mass is 16.6. The van der Waals surface area contributed by atoms with Gasteiger partial charge in [0.25, 0.3) is 0 Å². The lowest BCUT2D eigenvalue weighted by molar-refractivity contribution is 0.0964. The van der Waals surface area contributed by atoms with Crippen molar-refractivity contribution in [3.05, 3.63) is 11.6 Å². The number of carbonyl (C=O) groups is 1. The number of ether oxygens (including phenoxy) is 1. The monoisotopic (exact) mass is 350 g/mol. The van der Waals surface area contributed by atoms with Gasteiger partial charge in [-0.05, 0) is 26.8 Å². The second-order valence-electron chi connectivity index (χ2n) is 7.07. The predicted octanol–water partition coefficient (Wildman–Crippen LogP) is 0.898. The lowest BCUT2D eigenvalue weighted by atomic mass is 9.96. The molecular weight excluding hydrogens is 320 g/mol. The molecule has 1 aromatic heterocycles. The summed E-state index contributed by atoms with van der Waals surface area (Å²) in [4.78, 5) is 18.4. The largest absolute Gasteiger partial charge is 0.450 e. The van der Waals surface area contributed by atoms with Crippen molar-refractivity contribution in [2.45, 2.75) is 32.2 Å². The highest BCUT2D eigenvalue weighted by molar-refractivity contribution is 5.67. The summed E-state index contributed by atoms with van der Waals surface area (Å²) >= 11 is 0. The average Bonchev–Trinajstić information content (AvgIpc) is 2.98. The van der Waals surface area contributed by atoms with Crippen LogP contribution in [-0.2, 0) is 18.3 Å². The molecule has 0 aliphatic carbocycles. The van der Waals surface area contributed by atoms with Gasteiger partial charge in [0.1, 0.15) is 11.6 Å². The van der Waals surface area contributed by atoms with E-state index in [0.717, 1.165) is 70.3 Å². The van der Waals surface area contributed by atoms with Crippen LogP contribution in [0.2, 0.25) is 0 Å². The molecule has 0 N–H and O–H groups in total. The van der Waals surface area contributed by atoms with Crippen LogP contribution >= 0.6 is 0 Å². The Balaban J connectivity index is 1.56. The van der Waals surface area contributed by atoms with Gasteiger partial charge in [-0.1, -0.05) is 0 Å². The Bertz CT molecular complexity index is 574. The number of amides is 1. The number of carbonyl (C=O) groups excluding carboxylic acids is 1. The molecule has 2 aliphatic heterocycles. The lowest BCUT2D eigenvalue weighted by Gasteiger charge is -2.32. The van der Waals surface area contributed by atoms with Gasteiger partial charge in [0.15, 0.2) is 0 Å². The van der Waals surface area contributed by atoms with Crippen molar-refractivity contribution in [1.29, 1.82) is 0 Å². The number of aromatic nitrogens is 3. The third-order valence-electron chi connectivity index (χ3n) is 5.35. The van der Waals surface area contributed by atoms with Crippen LogP contribution in [-0.4, -0.2) is 88.5 Å². The minimum atomic E-state index is -0.199. The van der Waals surface area contributed by atoms with E-state index >= 15 is 0 Å². The summed E-state index contributed by atoms with van der Waals surface area (Å²) in [5.74, 6) is 2.45. The van der Waals surface area contributed by atoms with Gasteiger partial charge in [0.2, 0.25) is 0 Å². The van der Waals surface area contributed by atoms with Gasteiger partial charge in [0.05, 0.1) is 13.2 Å². The van der Waals surface area contributed by atoms with Crippen molar-refractivity contribution in [2.75, 3.05) is 52.9 Å². The normalized spacial score (nSPS) is 20.8. The number of rotatable bonds is 4. The standard InChI is InChI=1S/C17H30N6O2/c1-4-25-17(24)23-7-5-14(6-8-23)16-19-18-15(21(16)3)13-22-11-9-20(2)10-12-22/h14H,4-13H2,1-3H3. The van der Waals surface area contributed by atoms with Crippen molar-refractivity contribution in [3.63, 3.8) is 0 Å². The van der Waals surface area contributed by atoms with Gasteiger partial charge in [-0.3, -0.25) is 4.90 Å². The molecule has 0 spiro atoms. The second kappa shape index (κ2) is 8.14. The van der Waals surface area contributed by atoms with Crippen molar-refractivity contribution < 1.29 is 9.53 Å². The number of hydrogen-bond acceptors (Lipinski definition) is 6. The van der Waals surface area contributed by atoms with Crippen LogP contribution in [0, 0.1) is 0 Å². The van der Waals surface area contributed by atoms with E-state index in [-0.39, 0.29) is 6.09 Å². The van der Waals surface area contributed by atoms with Crippen LogP contribution in [0.1, 0.15) is 37.3 Å². The molecule has 1 amide bonds. The smallest absolute Gasteiger partial charge is 0.409 e. The molecule has 8 nitrogen and oxygen atoms in total. The lowest BCUT2D eigenvalue weighted by Crippen LogP contribution is -2.44. The zero-order chi connectivity index (χ0) is 17.8. The van der Waals surface area contributed by atoms with Gasteiger partial charge in [0, 0.05) is 52.2 Å². The SMILES string of the molecule is CCOC(=O)N1CCC(c2nnc(CN3CCN(C)CC3)n2C)CC1. The van der Waals surface area contributed by atoms with Crippen LogP contribution in [0.25, 0.3) is 0 Å². The zero-order valence-electron chi connectivity index (χ0n) is 15.6. The first-order chi connectivity index (χ1) is 12.1. The van der Waals surface area contributed by atoms with E-state index < -0.39 is 0 Å². The summed E-state index contributed by atoms with van der Waals surface area (Å²) in [6.45, 7) is 8.96. The Kier molecular flexibility index (Phi) is 5.90. The van der Waals surface area contributed by atoms with Crippen LogP contribution in [0.5, 0.6) is 0 Å². The number of nitrogens with zero attached hydrogens (tertiary/aromatic N) is 6. The van der Waals surface area contributed by atoms with E-state index in [1.54, 1.807) is 4.90 Å². The zero-order valence-corrected chi connectivity index (χ0v) is 15.6. The topological polar surface area (TPSA) is 66.7 Å². The number of hydrogen-bond donors (Lipinski definition) is 0. The molecular formula is C17H30N6O2. The minimum Gasteiger partial charge on any atom is -0.450 e. The van der Waals surface area contributed by atoms with E-state index in [4.69, 9.17) is 4.74 Å². The first-order valence-corrected chi connectivity index (χ1v) is 9.29. The average molecular weight is 350 g/mol. The number of likely N-dealkylation sites (N-methyl/N-ethyl adjacent to an activating group) is 1. The minimum absolute atomic E-state index is 0.199. The van der Waals surface area contributed by atoms with Crippen molar-refractivity contribution in [3.8, 4) is 0 Å². The molecule has 140 valence electrons. The quantitative estimate of drug-likeness (QED) is 0.804. The Morgan fingerprint density at radius 2 is 1.76 bits per heavy atom. The number of likely N-dealkylation sites (tertiary alicyclic amines) is 1. The number of piperazine rings is 1. The van der Waals surface area contributed by atoms with E-state index in [9.17, 15) is 4.79 Å². The maximum Gasteiger partial charge on any atom is 0.409 e. The maximum absolute atomic E-state index is 11.8. The summed E-state index contributed by atoms with van der Waals surface area (Å²) in [5.41, 5.74) is 0. The highest BCUT2D eigenvalue weighted by Gasteiger charge is 2.28. The van der Waals surface area contributed by atoms with Gasteiger partial charge in [-0.15, -0.1) is 10.2 Å². The molecule has 2 fully saturated rings. The van der Waals surface area contributed by atoms with E-state index in [0.29, 0.717) is 12.5 Å². The van der Waals surface area contributed by atoms with Crippen molar-refractivity contribution >= 4 is 6.09 Å². The molecule has 3 rings (SSSR count). The fourth-order valence-corrected chi connectivity index (χ4v) is 3.61. The molecule has 0 aromatic carbocycles. The van der Waals surface area contributed by atoms with Crippen molar-refractivity contribution in [2.24, 2.45) is 7.05 Å². The molecule has 0 bridgehead atoms. The third kappa shape index (κ3) is 4.30. The Morgan fingerprint density at radius 1 is 1.08 bits per heavy atom. The second-order valence-corrected chi connectivity index (χ2v) is 7.07. The fraction of sp³-hybridized carbons (Fsp3) is 0.824. The Labute approximate surface area is 149 Å². The van der Waals surface area contributed by atoms with E-state index in [1.165, 1.54) is 0 Å². The summed E-state index contributed by atoms with van der Waals surface area (Å²) in [7, 11) is 4.24. The molecule has 0 atom stereocenters. The highest BCUT2D eigenvalue weighted by Crippen LogP contribution is 2.27. The molecule has 0 unspecified atom stereocenters. The summed E-state index contributed by atoms with van der Waals surface area (Å²) in [5, 5.41) is 8.91. The maximum atomic E-state index is 11.8. The molecule has 3 heterocycles. The predicted molar refractivity (Wildman–Crippen MR) is 94.3 cm³/mol. The number of piperidine rings is 1. The molecule has 2 saturated heterocycles. The van der Waals surface area contributed by atoms with E-state index in [2.05, 4.69) is 38.7 Å². The van der Waals surface area contributed by atoms with Crippen molar-refractivity contribution in [1.82, 2.24) is 29.5 Å². The first kappa shape index (κ1) is 18.1. The Hall–Kier alpha value is -1.67. The fourth-order valence-electron chi connectivity index (χ4n) is 3.61. The first-order valence-electron chi connectivity index (χ1n) is 9.29. The van der Waals surface area contributed by atoms with Gasteiger partial charge >= 0.3 is 6.09 Å². The van der Waals surface area contributed by atoms with Gasteiger partial charge < -0.3 is 19.1 Å². The van der Waals surface area contributed by atoms with Gasteiger partial charge in [-0.2, -0.15) is 0 Å². The van der Waals surface area contributed by atoms with Crippen LogP contribution in [0.3, 0.4) is 0 Å². The molecule has 8 heteroatoms. The van der Waals surface area contributed by atoms with Crippen LogP contribution in [0.4, 0.5) is 4.79 Å². The van der Waals surface area contributed by atoms with Crippen LogP contribution in [0.15, 0.2) is 0 Å². The van der Waals surface area contributed by atoms with E-state index in [1.807, 2.05) is 6.92 Å².